The Bertz CT molecular complexity index is 371. The molecule has 3 heterocycles. The van der Waals surface area contributed by atoms with Gasteiger partial charge in [-0.2, -0.15) is 5.10 Å². The third-order valence-corrected chi connectivity index (χ3v) is 4.00. The van der Waals surface area contributed by atoms with Crippen LogP contribution in [0.4, 0.5) is 0 Å². The number of ether oxygens (including phenoxy) is 1. The van der Waals surface area contributed by atoms with E-state index in [-0.39, 0.29) is 0 Å². The number of nitrogens with one attached hydrogen (secondary N) is 1. The maximum absolute atomic E-state index is 5.37. The molecule has 1 aromatic heterocycles. The van der Waals surface area contributed by atoms with E-state index in [1.165, 1.54) is 11.3 Å². The standard InChI is InChI=1S/C10H14BrN3O/c11-10-8-5-12-6-9(8)13-14(10)7-1-3-15-4-2-7/h7,12H,1-6H2. The fraction of sp³-hybridized carbons (Fsp3) is 0.700. The summed E-state index contributed by atoms with van der Waals surface area (Å²) in [7, 11) is 0. The van der Waals surface area contributed by atoms with E-state index in [0.717, 1.165) is 43.7 Å². The zero-order valence-electron chi connectivity index (χ0n) is 8.50. The molecule has 4 nitrogen and oxygen atoms in total. The molecule has 0 aromatic carbocycles. The summed E-state index contributed by atoms with van der Waals surface area (Å²) in [6, 6.07) is 0.513. The van der Waals surface area contributed by atoms with Gasteiger partial charge < -0.3 is 10.1 Å². The third-order valence-electron chi connectivity index (χ3n) is 3.16. The zero-order valence-corrected chi connectivity index (χ0v) is 10.1. The molecule has 3 rings (SSSR count). The van der Waals surface area contributed by atoms with Gasteiger partial charge in [-0.25, -0.2) is 0 Å². The molecule has 0 aliphatic carbocycles. The van der Waals surface area contributed by atoms with E-state index in [9.17, 15) is 0 Å². The summed E-state index contributed by atoms with van der Waals surface area (Å²) in [5.41, 5.74) is 2.54. The molecule has 1 fully saturated rings. The maximum atomic E-state index is 5.37. The largest absolute Gasteiger partial charge is 0.381 e. The predicted octanol–water partition coefficient (Wildman–Crippen LogP) is 1.60. The van der Waals surface area contributed by atoms with E-state index in [1.54, 1.807) is 0 Å². The van der Waals surface area contributed by atoms with Crippen LogP contribution >= 0.6 is 15.9 Å². The van der Waals surface area contributed by atoms with Gasteiger partial charge in [-0.1, -0.05) is 0 Å². The molecule has 82 valence electrons. The monoisotopic (exact) mass is 271 g/mol. The molecule has 1 aromatic rings. The second-order valence-corrected chi connectivity index (χ2v) is 4.86. The first-order valence-corrected chi connectivity index (χ1v) is 6.20. The van der Waals surface area contributed by atoms with Crippen molar-refractivity contribution in [1.29, 1.82) is 0 Å². The van der Waals surface area contributed by atoms with E-state index >= 15 is 0 Å². The highest BCUT2D eigenvalue weighted by molar-refractivity contribution is 9.10. The van der Waals surface area contributed by atoms with E-state index in [2.05, 4.69) is 31.0 Å². The molecule has 2 aliphatic rings. The summed E-state index contributed by atoms with van der Waals surface area (Å²) in [5, 5.41) is 7.97. The van der Waals surface area contributed by atoms with E-state index < -0.39 is 0 Å². The van der Waals surface area contributed by atoms with Crippen molar-refractivity contribution in [3.8, 4) is 0 Å². The lowest BCUT2D eigenvalue weighted by atomic mass is 10.1. The Kier molecular flexibility index (Phi) is 2.54. The van der Waals surface area contributed by atoms with Crippen molar-refractivity contribution in [2.75, 3.05) is 13.2 Å². The van der Waals surface area contributed by atoms with E-state index in [0.29, 0.717) is 6.04 Å². The lowest BCUT2D eigenvalue weighted by molar-refractivity contribution is 0.0654. The van der Waals surface area contributed by atoms with Crippen molar-refractivity contribution in [3.05, 3.63) is 15.9 Å². The Morgan fingerprint density at radius 1 is 1.33 bits per heavy atom. The van der Waals surface area contributed by atoms with Gasteiger partial charge in [0.25, 0.3) is 0 Å². The van der Waals surface area contributed by atoms with Crippen LogP contribution in [0, 0.1) is 0 Å². The van der Waals surface area contributed by atoms with Gasteiger partial charge in [-0.15, -0.1) is 0 Å². The first kappa shape index (κ1) is 9.81. The molecule has 0 amide bonds. The Hall–Kier alpha value is -0.390. The van der Waals surface area contributed by atoms with Crippen LogP contribution in [0.2, 0.25) is 0 Å². The molecule has 0 bridgehead atoms. The van der Waals surface area contributed by atoms with Crippen molar-refractivity contribution in [1.82, 2.24) is 15.1 Å². The van der Waals surface area contributed by atoms with Gasteiger partial charge in [-0.3, -0.25) is 4.68 Å². The summed E-state index contributed by atoms with van der Waals surface area (Å²) in [5.74, 6) is 0. The van der Waals surface area contributed by atoms with Crippen LogP contribution in [0.25, 0.3) is 0 Å². The molecule has 0 spiro atoms. The average Bonchev–Trinajstić information content (AvgIpc) is 2.83. The quantitative estimate of drug-likeness (QED) is 0.844. The van der Waals surface area contributed by atoms with Gasteiger partial charge in [0, 0.05) is 31.9 Å². The first-order valence-electron chi connectivity index (χ1n) is 5.40. The fourth-order valence-electron chi connectivity index (χ4n) is 2.29. The van der Waals surface area contributed by atoms with Gasteiger partial charge in [-0.05, 0) is 28.8 Å². The van der Waals surface area contributed by atoms with Crippen molar-refractivity contribution in [2.45, 2.75) is 32.0 Å². The number of rotatable bonds is 1. The van der Waals surface area contributed by atoms with Crippen molar-refractivity contribution in [2.24, 2.45) is 0 Å². The van der Waals surface area contributed by atoms with E-state index in [4.69, 9.17) is 4.74 Å². The number of hydrogen-bond donors (Lipinski definition) is 1. The number of halogens is 1. The molecular formula is C10H14BrN3O. The molecule has 5 heteroatoms. The molecule has 15 heavy (non-hydrogen) atoms. The minimum Gasteiger partial charge on any atom is -0.381 e. The average molecular weight is 272 g/mol. The van der Waals surface area contributed by atoms with Crippen LogP contribution in [0.1, 0.15) is 30.1 Å². The summed E-state index contributed by atoms with van der Waals surface area (Å²) in [6.07, 6.45) is 2.15. The summed E-state index contributed by atoms with van der Waals surface area (Å²) < 4.78 is 8.68. The van der Waals surface area contributed by atoms with Crippen LogP contribution in [-0.4, -0.2) is 23.0 Å². The first-order chi connectivity index (χ1) is 7.36. The Morgan fingerprint density at radius 3 is 2.87 bits per heavy atom. The molecule has 0 saturated carbocycles. The number of nitrogens with zero attached hydrogens (tertiary/aromatic N) is 2. The van der Waals surface area contributed by atoms with Crippen LogP contribution in [0.5, 0.6) is 0 Å². The van der Waals surface area contributed by atoms with Gasteiger partial charge in [0.15, 0.2) is 0 Å². The normalized spacial score (nSPS) is 21.9. The minimum atomic E-state index is 0.513. The predicted molar refractivity (Wildman–Crippen MR) is 59.6 cm³/mol. The summed E-state index contributed by atoms with van der Waals surface area (Å²) >= 11 is 3.66. The molecule has 2 aliphatic heterocycles. The maximum Gasteiger partial charge on any atom is 0.109 e. The fourth-order valence-corrected chi connectivity index (χ4v) is 3.02. The second-order valence-electron chi connectivity index (χ2n) is 4.11. The summed E-state index contributed by atoms with van der Waals surface area (Å²) in [4.78, 5) is 0. The Morgan fingerprint density at radius 2 is 2.13 bits per heavy atom. The highest BCUT2D eigenvalue weighted by Crippen LogP contribution is 2.30. The molecule has 0 atom stereocenters. The highest BCUT2D eigenvalue weighted by Gasteiger charge is 2.25. The SMILES string of the molecule is Brc1c2c(nn1C1CCOCC1)CNC2. The number of aromatic nitrogens is 2. The molecule has 0 radical (unpaired) electrons. The van der Waals surface area contributed by atoms with Crippen molar-refractivity contribution >= 4 is 15.9 Å². The Labute approximate surface area is 97.1 Å². The lowest BCUT2D eigenvalue weighted by Gasteiger charge is -2.23. The van der Waals surface area contributed by atoms with Gasteiger partial charge in [0.05, 0.1) is 11.7 Å². The number of fused-ring (bicyclic) bond motifs is 1. The molecular weight excluding hydrogens is 258 g/mol. The third kappa shape index (κ3) is 1.62. The van der Waals surface area contributed by atoms with Crippen LogP contribution in [0.15, 0.2) is 4.60 Å². The highest BCUT2D eigenvalue weighted by atomic mass is 79.9. The van der Waals surface area contributed by atoms with Gasteiger partial charge >= 0.3 is 0 Å². The number of hydrogen-bond acceptors (Lipinski definition) is 3. The second kappa shape index (κ2) is 3.88. The molecule has 1 N–H and O–H groups in total. The molecule has 1 saturated heterocycles. The van der Waals surface area contributed by atoms with Gasteiger partial charge in [0.2, 0.25) is 0 Å². The van der Waals surface area contributed by atoms with Crippen LogP contribution in [-0.2, 0) is 17.8 Å². The van der Waals surface area contributed by atoms with Crippen LogP contribution < -0.4 is 5.32 Å². The zero-order chi connectivity index (χ0) is 10.3. The lowest BCUT2D eigenvalue weighted by Crippen LogP contribution is -2.21. The van der Waals surface area contributed by atoms with Crippen LogP contribution in [0.3, 0.4) is 0 Å². The summed E-state index contributed by atoms with van der Waals surface area (Å²) in [6.45, 7) is 3.57. The minimum absolute atomic E-state index is 0.513. The van der Waals surface area contributed by atoms with Gasteiger partial charge in [0.1, 0.15) is 4.60 Å². The van der Waals surface area contributed by atoms with E-state index in [1.807, 2.05) is 0 Å². The topological polar surface area (TPSA) is 39.1 Å². The Balaban J connectivity index is 1.91. The molecule has 0 unspecified atom stereocenters. The van der Waals surface area contributed by atoms with Crippen molar-refractivity contribution < 1.29 is 4.74 Å². The van der Waals surface area contributed by atoms with Crippen molar-refractivity contribution in [3.63, 3.8) is 0 Å². The smallest absolute Gasteiger partial charge is 0.109 e.